The van der Waals surface area contributed by atoms with E-state index in [1.54, 1.807) is 6.92 Å². The minimum absolute atomic E-state index is 0.0525. The summed E-state index contributed by atoms with van der Waals surface area (Å²) in [5.74, 6) is -0.0846. The molecule has 0 heterocycles. The first kappa shape index (κ1) is 29.8. The lowest BCUT2D eigenvalue weighted by Crippen LogP contribution is -2.20. The fraction of sp³-hybridized carbons (Fsp3) is 0.419. The molecule has 0 saturated heterocycles. The monoisotopic (exact) mass is 508 g/mol. The van der Waals surface area contributed by atoms with Gasteiger partial charge in [0.05, 0.1) is 19.3 Å². The van der Waals surface area contributed by atoms with E-state index in [1.165, 1.54) is 16.7 Å². The second kappa shape index (κ2) is 14.4. The van der Waals surface area contributed by atoms with Gasteiger partial charge in [0.1, 0.15) is 12.4 Å². The average molecular weight is 509 g/mol. The van der Waals surface area contributed by atoms with Gasteiger partial charge < -0.3 is 19.3 Å². The number of benzene rings is 2. The van der Waals surface area contributed by atoms with E-state index >= 15 is 0 Å². The largest absolute Gasteiger partial charge is 0.493 e. The van der Waals surface area contributed by atoms with Gasteiger partial charge in [0.25, 0.3) is 0 Å². The van der Waals surface area contributed by atoms with Crippen LogP contribution in [0, 0.1) is 27.7 Å². The van der Waals surface area contributed by atoms with Crippen molar-refractivity contribution in [1.29, 1.82) is 0 Å². The van der Waals surface area contributed by atoms with Gasteiger partial charge in [0.2, 0.25) is 0 Å². The number of aliphatic hydroxyl groups is 1. The Morgan fingerprint density at radius 2 is 1.62 bits per heavy atom. The molecule has 2 aromatic carbocycles. The van der Waals surface area contributed by atoms with Gasteiger partial charge in [0, 0.05) is 24.5 Å². The van der Waals surface area contributed by atoms with Crippen LogP contribution in [0.3, 0.4) is 0 Å². The van der Waals surface area contributed by atoms with Gasteiger partial charge in [-0.3, -0.25) is 0 Å². The van der Waals surface area contributed by atoms with Gasteiger partial charge in [-0.15, -0.1) is 0 Å². The molecule has 2 rings (SSSR count). The predicted molar refractivity (Wildman–Crippen MR) is 146 cm³/mol. The summed E-state index contributed by atoms with van der Waals surface area (Å²) in [4.78, 5) is 22.9. The van der Waals surface area contributed by atoms with Crippen LogP contribution in [0.4, 0.5) is 0 Å². The van der Waals surface area contributed by atoms with E-state index in [2.05, 4.69) is 58.2 Å². The number of aryl methyl sites for hydroxylation is 4. The molecule has 1 atom stereocenters. The van der Waals surface area contributed by atoms with Crippen LogP contribution in [0.2, 0.25) is 0 Å². The first-order valence-corrected chi connectivity index (χ1v) is 12.6. The van der Waals surface area contributed by atoms with Crippen molar-refractivity contribution in [3.05, 3.63) is 88.0 Å². The van der Waals surface area contributed by atoms with E-state index in [9.17, 15) is 14.7 Å². The fourth-order valence-corrected chi connectivity index (χ4v) is 4.34. The number of hydrogen-bond acceptors (Lipinski definition) is 6. The summed E-state index contributed by atoms with van der Waals surface area (Å²) in [5, 5.41) is 10.4. The van der Waals surface area contributed by atoms with Gasteiger partial charge >= 0.3 is 11.9 Å². The van der Waals surface area contributed by atoms with Crippen molar-refractivity contribution in [2.45, 2.75) is 66.4 Å². The number of hydrogen-bond donors (Lipinski definition) is 1. The van der Waals surface area contributed by atoms with Gasteiger partial charge in [0.15, 0.2) is 0 Å². The van der Waals surface area contributed by atoms with E-state index in [4.69, 9.17) is 14.2 Å². The van der Waals surface area contributed by atoms with Gasteiger partial charge in [-0.05, 0) is 75.3 Å². The third-order valence-electron chi connectivity index (χ3n) is 6.02. The predicted octanol–water partition coefficient (Wildman–Crippen LogP) is 5.42. The molecule has 2 aromatic rings. The highest BCUT2D eigenvalue weighted by Crippen LogP contribution is 2.30. The molecule has 0 amide bonds. The smallest absolute Gasteiger partial charge is 0.333 e. The molecule has 6 nitrogen and oxygen atoms in total. The molecule has 0 aromatic heterocycles. The Labute approximate surface area is 221 Å². The maximum atomic E-state index is 11.6. The van der Waals surface area contributed by atoms with Crippen LogP contribution in [-0.2, 0) is 31.9 Å². The average Bonchev–Trinajstić information content (AvgIpc) is 2.82. The summed E-state index contributed by atoms with van der Waals surface area (Å²) in [7, 11) is 0. The van der Waals surface area contributed by atoms with E-state index in [-0.39, 0.29) is 13.2 Å². The summed E-state index contributed by atoms with van der Waals surface area (Å²) in [6.45, 7) is 17.5. The van der Waals surface area contributed by atoms with Crippen molar-refractivity contribution in [2.75, 3.05) is 19.8 Å². The second-order valence-electron chi connectivity index (χ2n) is 9.61. The molecule has 1 unspecified atom stereocenters. The second-order valence-corrected chi connectivity index (χ2v) is 9.61. The Balaban J connectivity index is 2.18. The lowest BCUT2D eigenvalue weighted by atomic mass is 9.89. The molecule has 0 saturated carbocycles. The molecule has 37 heavy (non-hydrogen) atoms. The molecule has 1 N–H and O–H groups in total. The van der Waals surface area contributed by atoms with Crippen molar-refractivity contribution in [2.24, 2.45) is 0 Å². The Kier molecular flexibility index (Phi) is 11.6. The molecule has 0 spiro atoms. The summed E-state index contributed by atoms with van der Waals surface area (Å²) < 4.78 is 16.3. The third-order valence-corrected chi connectivity index (χ3v) is 6.02. The molecule has 0 aliphatic rings. The number of rotatable bonds is 14. The summed E-state index contributed by atoms with van der Waals surface area (Å²) >= 11 is 0. The van der Waals surface area contributed by atoms with Crippen molar-refractivity contribution in [1.82, 2.24) is 0 Å². The molecule has 0 radical (unpaired) electrons. The van der Waals surface area contributed by atoms with E-state index in [1.807, 2.05) is 6.92 Å². The number of carbonyl (C=O) groups is 2. The SMILES string of the molecule is C=CC(=O)OCCCOc1c(C)cc(C)cc1Cc1cc(C)cc(C)c1CCC(O)COC(=O)C(=C)C. The molecule has 0 fully saturated rings. The zero-order valence-corrected chi connectivity index (χ0v) is 22.8. The summed E-state index contributed by atoms with van der Waals surface area (Å²) in [5.41, 5.74) is 8.30. The molecular formula is C31H40O6. The third kappa shape index (κ3) is 9.54. The zero-order valence-electron chi connectivity index (χ0n) is 22.8. The lowest BCUT2D eigenvalue weighted by Gasteiger charge is -2.19. The van der Waals surface area contributed by atoms with Crippen molar-refractivity contribution >= 4 is 11.9 Å². The minimum Gasteiger partial charge on any atom is -0.493 e. The number of esters is 2. The Morgan fingerprint density at radius 3 is 2.27 bits per heavy atom. The summed E-state index contributed by atoms with van der Waals surface area (Å²) in [6, 6.07) is 8.58. The van der Waals surface area contributed by atoms with Crippen LogP contribution in [0.1, 0.15) is 58.7 Å². The Hall–Kier alpha value is -3.38. The topological polar surface area (TPSA) is 82.1 Å². The van der Waals surface area contributed by atoms with Crippen molar-refractivity contribution in [3.8, 4) is 5.75 Å². The van der Waals surface area contributed by atoms with Gasteiger partial charge in [-0.1, -0.05) is 48.6 Å². The molecule has 200 valence electrons. The van der Waals surface area contributed by atoms with Crippen molar-refractivity contribution in [3.63, 3.8) is 0 Å². The molecular weight excluding hydrogens is 468 g/mol. The van der Waals surface area contributed by atoms with E-state index < -0.39 is 18.0 Å². The first-order valence-electron chi connectivity index (χ1n) is 12.6. The Morgan fingerprint density at radius 1 is 0.973 bits per heavy atom. The van der Waals surface area contributed by atoms with Crippen molar-refractivity contribution < 1.29 is 28.9 Å². The molecule has 6 heteroatoms. The summed E-state index contributed by atoms with van der Waals surface area (Å²) in [6.07, 6.45) is 2.78. The van der Waals surface area contributed by atoms with Crippen LogP contribution in [0.5, 0.6) is 5.75 Å². The van der Waals surface area contributed by atoms with Crippen LogP contribution >= 0.6 is 0 Å². The molecule has 0 aliphatic carbocycles. The maximum absolute atomic E-state index is 11.6. The highest BCUT2D eigenvalue weighted by Gasteiger charge is 2.16. The normalized spacial score (nSPS) is 11.5. The number of carbonyl (C=O) groups excluding carboxylic acids is 2. The highest BCUT2D eigenvalue weighted by atomic mass is 16.5. The molecule has 0 bridgehead atoms. The maximum Gasteiger partial charge on any atom is 0.333 e. The van der Waals surface area contributed by atoms with Crippen LogP contribution in [-0.4, -0.2) is 43.0 Å². The fourth-order valence-electron chi connectivity index (χ4n) is 4.34. The van der Waals surface area contributed by atoms with E-state index in [0.29, 0.717) is 37.9 Å². The van der Waals surface area contributed by atoms with Gasteiger partial charge in [-0.2, -0.15) is 0 Å². The van der Waals surface area contributed by atoms with Crippen LogP contribution < -0.4 is 4.74 Å². The van der Waals surface area contributed by atoms with Crippen LogP contribution in [0.15, 0.2) is 49.1 Å². The number of aliphatic hydroxyl groups excluding tert-OH is 1. The lowest BCUT2D eigenvalue weighted by molar-refractivity contribution is -0.142. The van der Waals surface area contributed by atoms with Crippen LogP contribution in [0.25, 0.3) is 0 Å². The molecule has 0 aliphatic heterocycles. The minimum atomic E-state index is -0.757. The standard InChI is InChI=1S/C31H40O6/c1-8-29(33)35-12-9-13-36-30-24(7)15-22(5)17-26(30)18-25-16-21(4)14-23(6)28(25)11-10-27(32)19-37-31(34)20(2)3/h8,14-17,27,32H,1-2,9-13,18-19H2,3-7H3. The first-order chi connectivity index (χ1) is 17.5. The highest BCUT2D eigenvalue weighted by molar-refractivity contribution is 5.86. The number of ether oxygens (including phenoxy) is 3. The quantitative estimate of drug-likeness (QED) is 0.208. The zero-order chi connectivity index (χ0) is 27.5. The van der Waals surface area contributed by atoms with E-state index in [0.717, 1.165) is 34.1 Å². The van der Waals surface area contributed by atoms with Gasteiger partial charge in [-0.25, -0.2) is 9.59 Å². The Bertz CT molecular complexity index is 1130.